The zero-order valence-corrected chi connectivity index (χ0v) is 20.1. The molecule has 0 fully saturated rings. The Morgan fingerprint density at radius 1 is 0.865 bits per heavy atom. The molecule has 0 spiro atoms. The van der Waals surface area contributed by atoms with Gasteiger partial charge in [-0.15, -0.1) is 0 Å². The molecule has 2 N–H and O–H groups in total. The molecule has 0 aliphatic carbocycles. The number of benzene rings is 3. The van der Waals surface area contributed by atoms with E-state index in [1.165, 1.54) is 47.0 Å². The maximum absolute atomic E-state index is 12.5. The molecule has 37 heavy (non-hydrogen) atoms. The first kappa shape index (κ1) is 26.2. The molecule has 1 aromatic heterocycles. The molecular formula is C25H16Cl2F3NO6. The Labute approximate surface area is 217 Å². The number of halogens is 5. The van der Waals surface area contributed by atoms with Crippen LogP contribution in [0.15, 0.2) is 60.7 Å². The second-order valence-corrected chi connectivity index (χ2v) is 8.60. The molecule has 4 aromatic rings. The standard InChI is InChI=1S/C25H16Cl2F3NO6/c26-18-7-5-16(10-19(18)27)37-15-6-8-20-17(9-15)23(24(34)35)21(11-22(32)33)31(20)13-1-3-14(4-2-13)36-12-25(28,29)30/h1-10H,11-12H2,(H,32,33)(H,34,35). The summed E-state index contributed by atoms with van der Waals surface area (Å²) >= 11 is 11.9. The predicted octanol–water partition coefficient (Wildman–Crippen LogP) is 7.00. The van der Waals surface area contributed by atoms with Crippen LogP contribution in [0.4, 0.5) is 13.2 Å². The molecule has 0 atom stereocenters. The molecule has 7 nitrogen and oxygen atoms in total. The molecule has 0 saturated carbocycles. The highest BCUT2D eigenvalue weighted by molar-refractivity contribution is 6.42. The van der Waals surface area contributed by atoms with Crippen molar-refractivity contribution in [3.8, 4) is 22.9 Å². The van der Waals surface area contributed by atoms with E-state index in [-0.39, 0.29) is 33.2 Å². The smallest absolute Gasteiger partial charge is 0.422 e. The summed E-state index contributed by atoms with van der Waals surface area (Å²) in [6.07, 6.45) is -5.15. The number of carbonyl (C=O) groups is 2. The summed E-state index contributed by atoms with van der Waals surface area (Å²) < 4.78 is 49.3. The molecule has 0 aliphatic rings. The van der Waals surface area contributed by atoms with Crippen molar-refractivity contribution in [2.24, 2.45) is 0 Å². The minimum Gasteiger partial charge on any atom is -0.484 e. The highest BCUT2D eigenvalue weighted by atomic mass is 35.5. The number of aromatic nitrogens is 1. The average molecular weight is 554 g/mol. The third kappa shape index (κ3) is 5.92. The van der Waals surface area contributed by atoms with Gasteiger partial charge in [0.1, 0.15) is 17.2 Å². The number of nitrogens with zero attached hydrogens (tertiary/aromatic N) is 1. The Kier molecular flexibility index (Phi) is 7.24. The van der Waals surface area contributed by atoms with Crippen molar-refractivity contribution in [2.75, 3.05) is 6.61 Å². The Hall–Kier alpha value is -3.89. The van der Waals surface area contributed by atoms with E-state index in [1.807, 2.05) is 0 Å². The Morgan fingerprint density at radius 2 is 1.49 bits per heavy atom. The maximum atomic E-state index is 12.5. The van der Waals surface area contributed by atoms with Crippen LogP contribution in [0.2, 0.25) is 10.0 Å². The third-order valence-electron chi connectivity index (χ3n) is 5.19. The number of alkyl halides is 3. The fraction of sp³-hybridized carbons (Fsp3) is 0.120. The summed E-state index contributed by atoms with van der Waals surface area (Å²) in [6, 6.07) is 14.5. The van der Waals surface area contributed by atoms with E-state index >= 15 is 0 Å². The van der Waals surface area contributed by atoms with E-state index in [4.69, 9.17) is 32.7 Å². The maximum Gasteiger partial charge on any atom is 0.422 e. The van der Waals surface area contributed by atoms with Crippen LogP contribution in [0, 0.1) is 0 Å². The van der Waals surface area contributed by atoms with Crippen molar-refractivity contribution in [1.82, 2.24) is 4.57 Å². The van der Waals surface area contributed by atoms with Gasteiger partial charge in [-0.3, -0.25) is 4.79 Å². The molecular weight excluding hydrogens is 538 g/mol. The lowest BCUT2D eigenvalue weighted by atomic mass is 10.1. The van der Waals surface area contributed by atoms with Crippen LogP contribution >= 0.6 is 23.2 Å². The number of hydrogen-bond donors (Lipinski definition) is 2. The van der Waals surface area contributed by atoms with E-state index in [0.717, 1.165) is 0 Å². The van der Waals surface area contributed by atoms with Gasteiger partial charge in [-0.05, 0) is 54.6 Å². The van der Waals surface area contributed by atoms with Crippen molar-refractivity contribution in [2.45, 2.75) is 12.6 Å². The quantitative estimate of drug-likeness (QED) is 0.244. The number of carboxylic acid groups (broad SMARTS) is 2. The fourth-order valence-corrected chi connectivity index (χ4v) is 4.05. The van der Waals surface area contributed by atoms with E-state index in [9.17, 15) is 33.0 Å². The van der Waals surface area contributed by atoms with Crippen LogP contribution in [0.5, 0.6) is 17.2 Å². The van der Waals surface area contributed by atoms with Crippen molar-refractivity contribution < 1.29 is 42.4 Å². The number of ether oxygens (including phenoxy) is 2. The molecule has 12 heteroatoms. The van der Waals surface area contributed by atoms with E-state index in [1.54, 1.807) is 18.2 Å². The van der Waals surface area contributed by atoms with Crippen molar-refractivity contribution >= 4 is 46.0 Å². The highest BCUT2D eigenvalue weighted by Gasteiger charge is 2.29. The largest absolute Gasteiger partial charge is 0.484 e. The number of aromatic carboxylic acids is 1. The number of carboxylic acids is 2. The number of fused-ring (bicyclic) bond motifs is 1. The number of aliphatic carboxylic acids is 1. The van der Waals surface area contributed by atoms with Gasteiger partial charge in [-0.1, -0.05) is 23.2 Å². The summed E-state index contributed by atoms with van der Waals surface area (Å²) in [5.41, 5.74) is 0.380. The van der Waals surface area contributed by atoms with Gasteiger partial charge in [0, 0.05) is 22.8 Å². The molecule has 3 aromatic carbocycles. The summed E-state index contributed by atoms with van der Waals surface area (Å²) in [4.78, 5) is 23.9. The molecule has 0 unspecified atom stereocenters. The molecule has 0 radical (unpaired) electrons. The summed E-state index contributed by atoms with van der Waals surface area (Å²) in [5, 5.41) is 20.2. The van der Waals surface area contributed by atoms with Crippen LogP contribution in [0.1, 0.15) is 16.1 Å². The zero-order chi connectivity index (χ0) is 26.9. The first-order valence-electron chi connectivity index (χ1n) is 10.5. The number of rotatable bonds is 8. The highest BCUT2D eigenvalue weighted by Crippen LogP contribution is 2.36. The molecule has 4 rings (SSSR count). The van der Waals surface area contributed by atoms with Gasteiger partial charge in [0.25, 0.3) is 0 Å². The summed E-state index contributed by atoms with van der Waals surface area (Å²) in [6.45, 7) is -1.48. The Bertz CT molecular complexity index is 1500. The molecule has 1 heterocycles. The summed E-state index contributed by atoms with van der Waals surface area (Å²) in [7, 11) is 0. The van der Waals surface area contributed by atoms with Gasteiger partial charge >= 0.3 is 18.1 Å². The molecule has 0 saturated heterocycles. The molecule has 192 valence electrons. The lowest BCUT2D eigenvalue weighted by Gasteiger charge is -2.13. The minimum atomic E-state index is -4.52. The van der Waals surface area contributed by atoms with Crippen LogP contribution in [-0.4, -0.2) is 39.5 Å². The second kappa shape index (κ2) is 10.2. The SMILES string of the molecule is O=C(O)Cc1c(C(=O)O)c2cc(Oc3ccc(Cl)c(Cl)c3)ccc2n1-c1ccc(OCC(F)(F)F)cc1. The van der Waals surface area contributed by atoms with Crippen LogP contribution in [-0.2, 0) is 11.2 Å². The van der Waals surface area contributed by atoms with Gasteiger partial charge in [0.15, 0.2) is 6.61 Å². The van der Waals surface area contributed by atoms with Crippen LogP contribution in [0.3, 0.4) is 0 Å². The van der Waals surface area contributed by atoms with E-state index in [0.29, 0.717) is 22.0 Å². The van der Waals surface area contributed by atoms with Gasteiger partial charge < -0.3 is 24.3 Å². The van der Waals surface area contributed by atoms with Gasteiger partial charge in [-0.25, -0.2) is 4.79 Å². The second-order valence-electron chi connectivity index (χ2n) is 7.79. The third-order valence-corrected chi connectivity index (χ3v) is 5.93. The molecule has 0 amide bonds. The van der Waals surface area contributed by atoms with Crippen LogP contribution in [0.25, 0.3) is 16.6 Å². The fourth-order valence-electron chi connectivity index (χ4n) is 3.76. The normalized spacial score (nSPS) is 11.5. The minimum absolute atomic E-state index is 0.0364. The lowest BCUT2D eigenvalue weighted by Crippen LogP contribution is -2.19. The van der Waals surface area contributed by atoms with Crippen molar-refractivity contribution in [3.63, 3.8) is 0 Å². The molecule has 0 bridgehead atoms. The first-order chi connectivity index (χ1) is 17.4. The first-order valence-corrected chi connectivity index (χ1v) is 11.2. The van der Waals surface area contributed by atoms with E-state index < -0.39 is 31.1 Å². The lowest BCUT2D eigenvalue weighted by molar-refractivity contribution is -0.153. The molecule has 0 aliphatic heterocycles. The van der Waals surface area contributed by atoms with E-state index in [2.05, 4.69) is 0 Å². The van der Waals surface area contributed by atoms with Gasteiger partial charge in [-0.2, -0.15) is 13.2 Å². The van der Waals surface area contributed by atoms with Crippen molar-refractivity contribution in [3.05, 3.63) is 82.0 Å². The average Bonchev–Trinajstić information content (AvgIpc) is 3.12. The Morgan fingerprint density at radius 3 is 2.08 bits per heavy atom. The van der Waals surface area contributed by atoms with Crippen molar-refractivity contribution in [1.29, 1.82) is 0 Å². The summed E-state index contributed by atoms with van der Waals surface area (Å²) in [5.74, 6) is -2.11. The van der Waals surface area contributed by atoms with Gasteiger partial charge in [0.05, 0.1) is 27.5 Å². The topological polar surface area (TPSA) is 98.0 Å². The van der Waals surface area contributed by atoms with Crippen LogP contribution < -0.4 is 9.47 Å². The Balaban J connectivity index is 1.81. The monoisotopic (exact) mass is 553 g/mol. The van der Waals surface area contributed by atoms with Gasteiger partial charge in [0.2, 0.25) is 0 Å². The number of hydrogen-bond acceptors (Lipinski definition) is 4. The zero-order valence-electron chi connectivity index (χ0n) is 18.6. The predicted molar refractivity (Wildman–Crippen MR) is 130 cm³/mol.